The minimum Gasteiger partial charge on any atom is -0.510 e. The van der Waals surface area contributed by atoms with Crippen molar-refractivity contribution < 1.29 is 5.11 Å². The lowest BCUT2D eigenvalue weighted by Gasteiger charge is -2.19. The molecule has 0 aliphatic carbocycles. The molecule has 0 unspecified atom stereocenters. The summed E-state index contributed by atoms with van der Waals surface area (Å²) in [4.78, 5) is 6.48. The number of benzene rings is 2. The number of amidine groups is 1. The zero-order valence-electron chi connectivity index (χ0n) is 16.2. The van der Waals surface area contributed by atoms with Crippen molar-refractivity contribution in [3.63, 3.8) is 0 Å². The summed E-state index contributed by atoms with van der Waals surface area (Å²) in [5.41, 5.74) is 4.48. The highest BCUT2D eigenvalue weighted by Crippen LogP contribution is 2.34. The summed E-state index contributed by atoms with van der Waals surface area (Å²) < 4.78 is 0. The van der Waals surface area contributed by atoms with Gasteiger partial charge in [0.05, 0.1) is 17.8 Å². The summed E-state index contributed by atoms with van der Waals surface area (Å²) in [6.45, 7) is 2.48. The van der Waals surface area contributed by atoms with Gasteiger partial charge in [-0.25, -0.2) is 4.98 Å². The molecule has 2 heterocycles. The first-order valence-corrected chi connectivity index (χ1v) is 10.9. The zero-order valence-corrected chi connectivity index (χ0v) is 17.7. The Morgan fingerprint density at radius 2 is 1.86 bits per heavy atom. The Hall–Kier alpha value is -2.63. The van der Waals surface area contributed by atoms with Crippen LogP contribution in [0.3, 0.4) is 0 Å². The number of aliphatic hydroxyl groups is 1. The van der Waals surface area contributed by atoms with Gasteiger partial charge < -0.3 is 10.0 Å². The second-order valence-corrected chi connectivity index (χ2v) is 8.37. The van der Waals surface area contributed by atoms with Crippen molar-refractivity contribution in [3.05, 3.63) is 75.3 Å². The zero-order chi connectivity index (χ0) is 20.4. The highest BCUT2D eigenvalue weighted by atomic mass is 35.5. The summed E-state index contributed by atoms with van der Waals surface area (Å²) in [6.07, 6.45) is 3.41. The van der Waals surface area contributed by atoms with Gasteiger partial charge in [0.25, 0.3) is 0 Å². The third kappa shape index (κ3) is 4.07. The van der Waals surface area contributed by atoms with Crippen molar-refractivity contribution in [3.8, 4) is 11.3 Å². The van der Waals surface area contributed by atoms with Gasteiger partial charge in [-0.05, 0) is 42.7 Å². The van der Waals surface area contributed by atoms with Gasteiger partial charge in [-0.15, -0.1) is 11.3 Å². The first-order chi connectivity index (χ1) is 14.1. The van der Waals surface area contributed by atoms with Gasteiger partial charge in [-0.3, -0.25) is 5.41 Å². The molecule has 0 saturated carbocycles. The average molecular weight is 424 g/mol. The van der Waals surface area contributed by atoms with Gasteiger partial charge in [0.1, 0.15) is 16.6 Å². The number of hydrogen-bond donors (Lipinski definition) is 2. The first-order valence-electron chi connectivity index (χ1n) is 9.66. The molecule has 1 aliphatic heterocycles. The van der Waals surface area contributed by atoms with E-state index in [4.69, 9.17) is 17.0 Å². The van der Waals surface area contributed by atoms with E-state index in [0.29, 0.717) is 22.1 Å². The normalized spacial score (nSPS) is 14.1. The van der Waals surface area contributed by atoms with E-state index in [1.165, 1.54) is 29.7 Å². The quantitative estimate of drug-likeness (QED) is 0.471. The summed E-state index contributed by atoms with van der Waals surface area (Å²) in [6, 6.07) is 15.8. The smallest absolute Gasteiger partial charge is 0.139 e. The second kappa shape index (κ2) is 8.39. The van der Waals surface area contributed by atoms with Crippen LogP contribution in [-0.2, 0) is 6.42 Å². The van der Waals surface area contributed by atoms with E-state index in [9.17, 15) is 5.11 Å². The predicted octanol–water partition coefficient (Wildman–Crippen LogP) is 6.57. The maximum atomic E-state index is 10.6. The lowest BCUT2D eigenvalue weighted by atomic mass is 10.1. The minimum absolute atomic E-state index is 0.182. The summed E-state index contributed by atoms with van der Waals surface area (Å²) in [7, 11) is 0. The van der Waals surface area contributed by atoms with Crippen molar-refractivity contribution in [2.75, 3.05) is 11.4 Å². The molecule has 1 aromatic heterocycles. The van der Waals surface area contributed by atoms with Gasteiger partial charge in [0, 0.05) is 21.7 Å². The standard InChI is InChI=1S/C23H22ClN3OS/c1-2-3-4-15-5-11-18(12-6-15)27-13-20(28)21(22(27)25)23-26-19(14-29-23)16-7-9-17(24)10-8-16/h5-12,14,25,28H,2-4,13H2,1H3. The molecule has 3 aromatic rings. The molecule has 6 heteroatoms. The number of anilines is 1. The molecule has 0 fully saturated rings. The third-order valence-electron chi connectivity index (χ3n) is 5.03. The average Bonchev–Trinajstić information content (AvgIpc) is 3.31. The van der Waals surface area contributed by atoms with Crippen LogP contribution in [0.15, 0.2) is 59.7 Å². The lowest BCUT2D eigenvalue weighted by molar-refractivity contribution is 0.411. The van der Waals surface area contributed by atoms with Gasteiger partial charge in [0.2, 0.25) is 0 Å². The van der Waals surface area contributed by atoms with Gasteiger partial charge in [-0.2, -0.15) is 0 Å². The fraction of sp³-hybridized carbons (Fsp3) is 0.217. The SMILES string of the molecule is CCCCc1ccc(N2CC(O)=C(c3nc(-c4ccc(Cl)cc4)cs3)C2=N)cc1. The lowest BCUT2D eigenvalue weighted by Crippen LogP contribution is -2.25. The third-order valence-corrected chi connectivity index (χ3v) is 6.14. The van der Waals surface area contributed by atoms with E-state index >= 15 is 0 Å². The van der Waals surface area contributed by atoms with Crippen LogP contribution >= 0.6 is 22.9 Å². The fourth-order valence-corrected chi connectivity index (χ4v) is 4.41. The molecule has 0 bridgehead atoms. The van der Waals surface area contributed by atoms with Crippen molar-refractivity contribution in [2.45, 2.75) is 26.2 Å². The van der Waals surface area contributed by atoms with E-state index < -0.39 is 0 Å². The Balaban J connectivity index is 1.54. The van der Waals surface area contributed by atoms with Crippen LogP contribution in [0.25, 0.3) is 16.8 Å². The van der Waals surface area contributed by atoms with Gasteiger partial charge >= 0.3 is 0 Å². The van der Waals surface area contributed by atoms with Crippen LogP contribution in [0.5, 0.6) is 0 Å². The van der Waals surface area contributed by atoms with Crippen molar-refractivity contribution in [2.24, 2.45) is 0 Å². The molecule has 0 saturated heterocycles. The molecule has 4 rings (SSSR count). The Morgan fingerprint density at radius 3 is 2.55 bits per heavy atom. The molecule has 2 aromatic carbocycles. The van der Waals surface area contributed by atoms with Crippen molar-refractivity contribution >= 4 is 40.0 Å². The molecule has 1 aliphatic rings. The van der Waals surface area contributed by atoms with E-state index in [0.717, 1.165) is 23.4 Å². The maximum absolute atomic E-state index is 10.6. The van der Waals surface area contributed by atoms with Crippen LogP contribution in [-0.4, -0.2) is 22.5 Å². The van der Waals surface area contributed by atoms with Crippen LogP contribution in [0, 0.1) is 5.41 Å². The van der Waals surface area contributed by atoms with Crippen molar-refractivity contribution in [1.82, 2.24) is 4.98 Å². The van der Waals surface area contributed by atoms with E-state index in [2.05, 4.69) is 24.0 Å². The molecule has 29 heavy (non-hydrogen) atoms. The number of unbranched alkanes of at least 4 members (excludes halogenated alkanes) is 1. The number of nitrogens with zero attached hydrogens (tertiary/aromatic N) is 2. The van der Waals surface area contributed by atoms with E-state index in [1.54, 1.807) is 0 Å². The molecule has 0 spiro atoms. The number of nitrogens with one attached hydrogen (secondary N) is 1. The maximum Gasteiger partial charge on any atom is 0.139 e. The number of halogens is 1. The number of aryl methyl sites for hydroxylation is 1. The molecule has 2 N–H and O–H groups in total. The number of hydrogen-bond acceptors (Lipinski definition) is 4. The summed E-state index contributed by atoms with van der Waals surface area (Å²) >= 11 is 7.40. The van der Waals surface area contributed by atoms with Crippen molar-refractivity contribution in [1.29, 1.82) is 5.41 Å². The fourth-order valence-electron chi connectivity index (χ4n) is 3.39. The van der Waals surface area contributed by atoms with Gasteiger partial charge in [0.15, 0.2) is 0 Å². The Labute approximate surface area is 179 Å². The molecular formula is C23H22ClN3OS. The number of aliphatic hydroxyl groups excluding tert-OH is 1. The highest BCUT2D eigenvalue weighted by Gasteiger charge is 2.31. The van der Waals surface area contributed by atoms with E-state index in [1.807, 2.05) is 46.7 Å². The van der Waals surface area contributed by atoms with Crippen LogP contribution < -0.4 is 4.90 Å². The number of rotatable bonds is 6. The minimum atomic E-state index is 0.182. The number of thiazole rings is 1. The van der Waals surface area contributed by atoms with Crippen LogP contribution in [0.1, 0.15) is 30.3 Å². The molecule has 0 amide bonds. The van der Waals surface area contributed by atoms with Gasteiger partial charge in [-0.1, -0.05) is 49.2 Å². The molecule has 0 radical (unpaired) electrons. The topological polar surface area (TPSA) is 60.2 Å². The second-order valence-electron chi connectivity index (χ2n) is 7.07. The number of aromatic nitrogens is 1. The Bertz CT molecular complexity index is 1050. The van der Waals surface area contributed by atoms with Crippen LogP contribution in [0.2, 0.25) is 5.02 Å². The summed E-state index contributed by atoms with van der Waals surface area (Å²) in [5, 5.41) is 22.5. The first kappa shape index (κ1) is 19.7. The van der Waals surface area contributed by atoms with E-state index in [-0.39, 0.29) is 11.6 Å². The Morgan fingerprint density at radius 1 is 1.14 bits per heavy atom. The largest absolute Gasteiger partial charge is 0.510 e. The molecular weight excluding hydrogens is 402 g/mol. The van der Waals surface area contributed by atoms with Crippen LogP contribution in [0.4, 0.5) is 5.69 Å². The monoisotopic (exact) mass is 423 g/mol. The summed E-state index contributed by atoms with van der Waals surface area (Å²) in [5.74, 6) is 0.461. The molecule has 4 nitrogen and oxygen atoms in total. The Kier molecular flexibility index (Phi) is 5.69. The highest BCUT2D eigenvalue weighted by molar-refractivity contribution is 7.11. The molecule has 148 valence electrons. The predicted molar refractivity (Wildman–Crippen MR) is 122 cm³/mol. The molecule has 0 atom stereocenters.